The summed E-state index contributed by atoms with van der Waals surface area (Å²) >= 11 is 0. The van der Waals surface area contributed by atoms with Crippen molar-refractivity contribution < 1.29 is 0 Å². The summed E-state index contributed by atoms with van der Waals surface area (Å²) in [5, 5.41) is 3.66. The Morgan fingerprint density at radius 2 is 1.61 bits per heavy atom. The third kappa shape index (κ3) is 3.27. The van der Waals surface area contributed by atoms with Gasteiger partial charge < -0.3 is 5.32 Å². The third-order valence-electron chi connectivity index (χ3n) is 5.57. The van der Waals surface area contributed by atoms with Crippen LogP contribution in [0.4, 0.5) is 0 Å². The Morgan fingerprint density at radius 1 is 1.00 bits per heavy atom. The van der Waals surface area contributed by atoms with Gasteiger partial charge in [-0.25, -0.2) is 0 Å². The van der Waals surface area contributed by atoms with E-state index in [1.807, 2.05) is 0 Å². The third-order valence-corrected chi connectivity index (χ3v) is 5.57. The standard InChI is InChI=1S/C16H32N2/c1-14-8-7-9-15(2)18(14)13-12-16(17-3)10-5-4-6-11-16/h14-15,17H,4-13H2,1-3H3/t14-,15+. The van der Waals surface area contributed by atoms with Gasteiger partial charge in [0.05, 0.1) is 0 Å². The van der Waals surface area contributed by atoms with E-state index in [4.69, 9.17) is 0 Å². The van der Waals surface area contributed by atoms with Crippen molar-refractivity contribution in [3.8, 4) is 0 Å². The molecule has 0 aromatic carbocycles. The van der Waals surface area contributed by atoms with E-state index >= 15 is 0 Å². The summed E-state index contributed by atoms with van der Waals surface area (Å²) in [7, 11) is 2.17. The van der Waals surface area contributed by atoms with Crippen LogP contribution in [0.15, 0.2) is 0 Å². The summed E-state index contributed by atoms with van der Waals surface area (Å²) in [6.07, 6.45) is 12.6. The van der Waals surface area contributed by atoms with E-state index < -0.39 is 0 Å². The van der Waals surface area contributed by atoms with Gasteiger partial charge in [-0.15, -0.1) is 0 Å². The summed E-state index contributed by atoms with van der Waals surface area (Å²) in [6.45, 7) is 6.13. The first-order valence-electron chi connectivity index (χ1n) is 8.11. The first kappa shape index (κ1) is 14.3. The van der Waals surface area contributed by atoms with E-state index in [1.165, 1.54) is 64.3 Å². The lowest BCUT2D eigenvalue weighted by molar-refractivity contribution is 0.0830. The maximum absolute atomic E-state index is 3.66. The lowest BCUT2D eigenvalue weighted by atomic mass is 9.79. The molecule has 18 heavy (non-hydrogen) atoms. The van der Waals surface area contributed by atoms with Gasteiger partial charge >= 0.3 is 0 Å². The van der Waals surface area contributed by atoms with Crippen LogP contribution in [0, 0.1) is 0 Å². The molecule has 1 aliphatic heterocycles. The fourth-order valence-electron chi connectivity index (χ4n) is 4.11. The zero-order valence-corrected chi connectivity index (χ0v) is 12.7. The molecular weight excluding hydrogens is 220 g/mol. The summed E-state index contributed by atoms with van der Waals surface area (Å²) < 4.78 is 0. The normalized spacial score (nSPS) is 33.5. The molecule has 0 radical (unpaired) electrons. The highest BCUT2D eigenvalue weighted by Crippen LogP contribution is 2.32. The molecule has 2 heteroatoms. The molecule has 2 fully saturated rings. The molecule has 0 aromatic rings. The summed E-state index contributed by atoms with van der Waals surface area (Å²) in [6, 6.07) is 1.59. The molecule has 2 rings (SSSR count). The molecule has 0 spiro atoms. The second kappa shape index (κ2) is 6.38. The topological polar surface area (TPSA) is 15.3 Å². The van der Waals surface area contributed by atoms with Gasteiger partial charge in [-0.3, -0.25) is 4.90 Å². The summed E-state index contributed by atoms with van der Waals surface area (Å²) in [5.41, 5.74) is 0.454. The van der Waals surface area contributed by atoms with Crippen LogP contribution >= 0.6 is 0 Å². The fourth-order valence-corrected chi connectivity index (χ4v) is 4.11. The van der Waals surface area contributed by atoms with E-state index in [0.29, 0.717) is 5.54 Å². The number of nitrogens with one attached hydrogen (secondary N) is 1. The number of rotatable bonds is 4. The summed E-state index contributed by atoms with van der Waals surface area (Å²) in [5.74, 6) is 0. The Balaban J connectivity index is 1.88. The molecule has 0 unspecified atom stereocenters. The molecule has 106 valence electrons. The number of hydrogen-bond acceptors (Lipinski definition) is 2. The van der Waals surface area contributed by atoms with Crippen molar-refractivity contribution in [1.29, 1.82) is 0 Å². The molecule has 0 amide bonds. The first-order valence-corrected chi connectivity index (χ1v) is 8.11. The first-order chi connectivity index (χ1) is 8.67. The smallest absolute Gasteiger partial charge is 0.0190 e. The Morgan fingerprint density at radius 3 is 2.17 bits per heavy atom. The van der Waals surface area contributed by atoms with Crippen LogP contribution in [-0.2, 0) is 0 Å². The second-order valence-corrected chi connectivity index (χ2v) is 6.71. The Hall–Kier alpha value is -0.0800. The molecule has 1 N–H and O–H groups in total. The van der Waals surface area contributed by atoms with Gasteiger partial charge in [-0.05, 0) is 53.0 Å². The van der Waals surface area contributed by atoms with Crippen LogP contribution in [-0.4, -0.2) is 36.1 Å². The van der Waals surface area contributed by atoms with Gasteiger partial charge in [0, 0.05) is 24.2 Å². The monoisotopic (exact) mass is 252 g/mol. The number of hydrogen-bond donors (Lipinski definition) is 1. The quantitative estimate of drug-likeness (QED) is 0.823. The van der Waals surface area contributed by atoms with Crippen LogP contribution in [0.3, 0.4) is 0 Å². The fraction of sp³-hybridized carbons (Fsp3) is 1.00. The van der Waals surface area contributed by atoms with Crippen LogP contribution in [0.2, 0.25) is 0 Å². The molecule has 0 aromatic heterocycles. The highest BCUT2D eigenvalue weighted by atomic mass is 15.2. The van der Waals surface area contributed by atoms with Crippen LogP contribution < -0.4 is 5.32 Å². The average Bonchev–Trinajstić information content (AvgIpc) is 2.39. The number of likely N-dealkylation sites (tertiary alicyclic amines) is 1. The maximum atomic E-state index is 3.66. The zero-order valence-electron chi connectivity index (χ0n) is 12.7. The lowest BCUT2D eigenvalue weighted by Gasteiger charge is -2.43. The molecular formula is C16H32N2. The van der Waals surface area contributed by atoms with E-state index in [2.05, 4.69) is 31.1 Å². The Bertz CT molecular complexity index is 235. The molecule has 2 nitrogen and oxygen atoms in total. The molecule has 0 bridgehead atoms. The molecule has 2 aliphatic rings. The van der Waals surface area contributed by atoms with E-state index in [0.717, 1.165) is 12.1 Å². The molecule has 1 heterocycles. The predicted molar refractivity (Wildman–Crippen MR) is 79.0 cm³/mol. The van der Waals surface area contributed by atoms with Gasteiger partial charge in [-0.2, -0.15) is 0 Å². The van der Waals surface area contributed by atoms with Crippen LogP contribution in [0.1, 0.15) is 71.6 Å². The van der Waals surface area contributed by atoms with Crippen molar-refractivity contribution in [2.45, 2.75) is 89.3 Å². The molecule has 1 aliphatic carbocycles. The lowest BCUT2D eigenvalue weighted by Crippen LogP contribution is -2.50. The van der Waals surface area contributed by atoms with E-state index in [9.17, 15) is 0 Å². The minimum absolute atomic E-state index is 0.454. The minimum Gasteiger partial charge on any atom is -0.314 e. The molecule has 1 saturated heterocycles. The molecule has 2 atom stereocenters. The van der Waals surface area contributed by atoms with Crippen molar-refractivity contribution in [3.05, 3.63) is 0 Å². The maximum Gasteiger partial charge on any atom is 0.0190 e. The van der Waals surface area contributed by atoms with Crippen molar-refractivity contribution in [3.63, 3.8) is 0 Å². The number of nitrogens with zero attached hydrogens (tertiary/aromatic N) is 1. The highest BCUT2D eigenvalue weighted by molar-refractivity contribution is 4.91. The Kier molecular flexibility index (Phi) is 5.08. The van der Waals surface area contributed by atoms with Gasteiger partial charge in [0.25, 0.3) is 0 Å². The van der Waals surface area contributed by atoms with Crippen molar-refractivity contribution in [2.24, 2.45) is 0 Å². The number of piperidine rings is 1. The van der Waals surface area contributed by atoms with Gasteiger partial charge in [0.2, 0.25) is 0 Å². The van der Waals surface area contributed by atoms with Crippen molar-refractivity contribution >= 4 is 0 Å². The predicted octanol–water partition coefficient (Wildman–Crippen LogP) is 3.56. The Labute approximate surface area is 114 Å². The zero-order chi connectivity index (χ0) is 13.0. The highest BCUT2D eigenvalue weighted by Gasteiger charge is 2.32. The van der Waals surface area contributed by atoms with Crippen LogP contribution in [0.5, 0.6) is 0 Å². The van der Waals surface area contributed by atoms with Gasteiger partial charge in [0.1, 0.15) is 0 Å². The molecule has 1 saturated carbocycles. The van der Waals surface area contributed by atoms with E-state index in [1.54, 1.807) is 0 Å². The second-order valence-electron chi connectivity index (χ2n) is 6.71. The van der Waals surface area contributed by atoms with E-state index in [-0.39, 0.29) is 0 Å². The van der Waals surface area contributed by atoms with Gasteiger partial charge in [-0.1, -0.05) is 25.7 Å². The van der Waals surface area contributed by atoms with Gasteiger partial charge in [0.15, 0.2) is 0 Å². The van der Waals surface area contributed by atoms with Crippen molar-refractivity contribution in [1.82, 2.24) is 10.2 Å². The largest absolute Gasteiger partial charge is 0.314 e. The minimum atomic E-state index is 0.454. The average molecular weight is 252 g/mol. The SMILES string of the molecule is CNC1(CCN2[C@H](C)CCC[C@@H]2C)CCCCC1. The summed E-state index contributed by atoms with van der Waals surface area (Å²) in [4.78, 5) is 2.76. The van der Waals surface area contributed by atoms with Crippen molar-refractivity contribution in [2.75, 3.05) is 13.6 Å². The van der Waals surface area contributed by atoms with Crippen LogP contribution in [0.25, 0.3) is 0 Å².